The van der Waals surface area contributed by atoms with Gasteiger partial charge in [0.1, 0.15) is 0 Å². The molecule has 1 aliphatic carbocycles. The van der Waals surface area contributed by atoms with E-state index in [9.17, 15) is 0 Å². The smallest absolute Gasteiger partial charge is 0.0599 e. The summed E-state index contributed by atoms with van der Waals surface area (Å²) in [4.78, 5) is 0. The van der Waals surface area contributed by atoms with Crippen molar-refractivity contribution in [3.05, 3.63) is 0 Å². The zero-order chi connectivity index (χ0) is 10.4. The molecule has 0 bridgehead atoms. The Morgan fingerprint density at radius 1 is 1.14 bits per heavy atom. The second-order valence-corrected chi connectivity index (χ2v) is 5.25. The van der Waals surface area contributed by atoms with Crippen LogP contribution >= 0.6 is 0 Å². The third-order valence-electron chi connectivity index (χ3n) is 2.68. The number of ether oxygens (including phenoxy) is 1. The monoisotopic (exact) mass is 199 g/mol. The molecule has 2 heteroatoms. The van der Waals surface area contributed by atoms with Gasteiger partial charge in [0.2, 0.25) is 0 Å². The number of rotatable bonds is 4. The van der Waals surface area contributed by atoms with Gasteiger partial charge in [0.25, 0.3) is 0 Å². The van der Waals surface area contributed by atoms with Crippen molar-refractivity contribution in [2.45, 2.75) is 64.5 Å². The summed E-state index contributed by atoms with van der Waals surface area (Å²) in [6.07, 6.45) is 6.94. The fourth-order valence-corrected chi connectivity index (χ4v) is 1.93. The highest BCUT2D eigenvalue weighted by Gasteiger charge is 2.13. The lowest BCUT2D eigenvalue weighted by Crippen LogP contribution is -2.35. The summed E-state index contributed by atoms with van der Waals surface area (Å²) in [6.45, 7) is 8.15. The van der Waals surface area contributed by atoms with E-state index in [0.29, 0.717) is 0 Å². The average Bonchev–Trinajstić information content (AvgIpc) is 2.13. The summed E-state index contributed by atoms with van der Waals surface area (Å²) in [5.74, 6) is 0. The molecule has 0 spiro atoms. The van der Waals surface area contributed by atoms with Crippen molar-refractivity contribution < 1.29 is 4.74 Å². The molecule has 0 aromatic carbocycles. The first-order chi connectivity index (χ1) is 6.58. The van der Waals surface area contributed by atoms with Crippen LogP contribution in [0.25, 0.3) is 0 Å². The minimum atomic E-state index is 0.00818. The van der Waals surface area contributed by atoms with Crippen molar-refractivity contribution >= 4 is 0 Å². The van der Waals surface area contributed by atoms with Crippen LogP contribution in [-0.4, -0.2) is 24.8 Å². The van der Waals surface area contributed by atoms with Crippen LogP contribution in [0.3, 0.4) is 0 Å². The van der Waals surface area contributed by atoms with Crippen molar-refractivity contribution in [3.8, 4) is 0 Å². The predicted octanol–water partition coefficient (Wildman–Crippen LogP) is 2.72. The largest absolute Gasteiger partial charge is 0.375 e. The molecule has 1 fully saturated rings. The molecule has 84 valence electrons. The van der Waals surface area contributed by atoms with E-state index in [-0.39, 0.29) is 5.60 Å². The molecule has 0 aromatic heterocycles. The Kier molecular flexibility index (Phi) is 4.90. The van der Waals surface area contributed by atoms with E-state index in [1.165, 1.54) is 32.1 Å². The zero-order valence-corrected chi connectivity index (χ0v) is 9.94. The number of nitrogens with one attached hydrogen (secondary N) is 1. The van der Waals surface area contributed by atoms with Gasteiger partial charge < -0.3 is 10.1 Å². The lowest BCUT2D eigenvalue weighted by atomic mass is 9.96. The Bertz CT molecular complexity index is 145. The van der Waals surface area contributed by atoms with Crippen LogP contribution in [0.15, 0.2) is 0 Å². The van der Waals surface area contributed by atoms with E-state index in [0.717, 1.165) is 19.2 Å². The standard InChI is InChI=1S/C12H25NO/c1-12(2,3)14-10-9-13-11-7-5-4-6-8-11/h11,13H,4-10H2,1-3H3. The first kappa shape index (κ1) is 12.0. The molecule has 1 aliphatic rings. The highest BCUT2D eigenvalue weighted by Crippen LogP contribution is 2.17. The predicted molar refractivity (Wildman–Crippen MR) is 60.6 cm³/mol. The SMILES string of the molecule is CC(C)(C)OCCNC1CCCCC1. The molecule has 0 aromatic rings. The van der Waals surface area contributed by atoms with Gasteiger partial charge in [-0.1, -0.05) is 19.3 Å². The zero-order valence-electron chi connectivity index (χ0n) is 9.94. The summed E-state index contributed by atoms with van der Waals surface area (Å²) in [7, 11) is 0. The van der Waals surface area contributed by atoms with Gasteiger partial charge in [-0.2, -0.15) is 0 Å². The maximum atomic E-state index is 5.66. The van der Waals surface area contributed by atoms with Crippen LogP contribution in [-0.2, 0) is 4.74 Å². The van der Waals surface area contributed by atoms with Gasteiger partial charge in [0.05, 0.1) is 12.2 Å². The minimum Gasteiger partial charge on any atom is -0.375 e. The van der Waals surface area contributed by atoms with Gasteiger partial charge in [-0.05, 0) is 33.6 Å². The normalized spacial score (nSPS) is 19.9. The topological polar surface area (TPSA) is 21.3 Å². The Morgan fingerprint density at radius 3 is 2.36 bits per heavy atom. The third-order valence-corrected chi connectivity index (χ3v) is 2.68. The number of hydrogen-bond donors (Lipinski definition) is 1. The second kappa shape index (κ2) is 5.72. The van der Waals surface area contributed by atoms with E-state index >= 15 is 0 Å². The molecule has 1 rings (SSSR count). The Balaban J connectivity index is 1.97. The summed E-state index contributed by atoms with van der Waals surface area (Å²) >= 11 is 0. The Morgan fingerprint density at radius 2 is 1.79 bits per heavy atom. The highest BCUT2D eigenvalue weighted by molar-refractivity contribution is 4.71. The molecular formula is C12H25NO. The van der Waals surface area contributed by atoms with Crippen LogP contribution in [0.5, 0.6) is 0 Å². The molecule has 0 unspecified atom stereocenters. The van der Waals surface area contributed by atoms with Gasteiger partial charge in [-0.3, -0.25) is 0 Å². The molecule has 1 saturated carbocycles. The molecular weight excluding hydrogens is 174 g/mol. The van der Waals surface area contributed by atoms with Crippen LogP contribution < -0.4 is 5.32 Å². The quantitative estimate of drug-likeness (QED) is 0.703. The molecule has 0 atom stereocenters. The molecule has 0 amide bonds. The lowest BCUT2D eigenvalue weighted by molar-refractivity contribution is -0.00195. The third kappa shape index (κ3) is 5.61. The van der Waals surface area contributed by atoms with Gasteiger partial charge in [-0.15, -0.1) is 0 Å². The summed E-state index contributed by atoms with van der Waals surface area (Å²) in [6, 6.07) is 0.757. The van der Waals surface area contributed by atoms with Crippen molar-refractivity contribution in [1.29, 1.82) is 0 Å². The maximum Gasteiger partial charge on any atom is 0.0599 e. The average molecular weight is 199 g/mol. The van der Waals surface area contributed by atoms with Gasteiger partial charge in [-0.25, -0.2) is 0 Å². The van der Waals surface area contributed by atoms with E-state index in [1.807, 2.05) is 0 Å². The van der Waals surface area contributed by atoms with Crippen molar-refractivity contribution in [2.75, 3.05) is 13.2 Å². The Hall–Kier alpha value is -0.0800. The number of hydrogen-bond acceptors (Lipinski definition) is 2. The maximum absolute atomic E-state index is 5.66. The molecule has 0 heterocycles. The fourth-order valence-electron chi connectivity index (χ4n) is 1.93. The highest BCUT2D eigenvalue weighted by atomic mass is 16.5. The molecule has 0 saturated heterocycles. The van der Waals surface area contributed by atoms with Gasteiger partial charge >= 0.3 is 0 Å². The van der Waals surface area contributed by atoms with Crippen LogP contribution in [0.2, 0.25) is 0 Å². The summed E-state index contributed by atoms with van der Waals surface area (Å²) in [5.41, 5.74) is 0.00818. The van der Waals surface area contributed by atoms with Crippen LogP contribution in [0, 0.1) is 0 Å². The first-order valence-electron chi connectivity index (χ1n) is 5.95. The Labute approximate surface area is 88.4 Å². The molecule has 1 N–H and O–H groups in total. The molecule has 0 radical (unpaired) electrons. The van der Waals surface area contributed by atoms with E-state index < -0.39 is 0 Å². The van der Waals surface area contributed by atoms with Crippen LogP contribution in [0.4, 0.5) is 0 Å². The molecule has 0 aliphatic heterocycles. The lowest BCUT2D eigenvalue weighted by Gasteiger charge is -2.24. The van der Waals surface area contributed by atoms with E-state index in [4.69, 9.17) is 4.74 Å². The van der Waals surface area contributed by atoms with Gasteiger partial charge in [0.15, 0.2) is 0 Å². The van der Waals surface area contributed by atoms with Crippen molar-refractivity contribution in [3.63, 3.8) is 0 Å². The second-order valence-electron chi connectivity index (χ2n) is 5.25. The van der Waals surface area contributed by atoms with Gasteiger partial charge in [0, 0.05) is 12.6 Å². The molecule has 14 heavy (non-hydrogen) atoms. The minimum absolute atomic E-state index is 0.00818. The van der Waals surface area contributed by atoms with Crippen molar-refractivity contribution in [2.24, 2.45) is 0 Å². The van der Waals surface area contributed by atoms with E-state index in [2.05, 4.69) is 26.1 Å². The van der Waals surface area contributed by atoms with E-state index in [1.54, 1.807) is 0 Å². The van der Waals surface area contributed by atoms with Crippen LogP contribution in [0.1, 0.15) is 52.9 Å². The summed E-state index contributed by atoms with van der Waals surface area (Å²) < 4.78 is 5.66. The van der Waals surface area contributed by atoms with Crippen molar-refractivity contribution in [1.82, 2.24) is 5.32 Å². The summed E-state index contributed by atoms with van der Waals surface area (Å²) in [5, 5.41) is 3.57. The first-order valence-corrected chi connectivity index (χ1v) is 5.95. The fraction of sp³-hybridized carbons (Fsp3) is 1.00. The molecule has 2 nitrogen and oxygen atoms in total.